The molecule has 3 nitrogen and oxygen atoms in total. The number of carbonyl (C=O) groups excluding carboxylic acids is 1. The molecule has 2 N–H and O–H groups in total. The molecule has 0 fully saturated rings. The highest BCUT2D eigenvalue weighted by molar-refractivity contribution is 6.34. The normalized spacial score (nSPS) is 11.3. The van der Waals surface area contributed by atoms with Gasteiger partial charge in [0.25, 0.3) is 0 Å². The molecule has 1 aromatic carbocycles. The standard InChI is InChI=1S/C10H9Cl2NO2/c1-15-10(14)9(13)5-6-4-7(11)2-3-8(6)12/h2-5H,13H2,1H3/b9-5-. The zero-order valence-corrected chi connectivity index (χ0v) is 9.47. The summed E-state index contributed by atoms with van der Waals surface area (Å²) in [6.45, 7) is 0. The SMILES string of the molecule is COC(=O)/C(N)=C/c1cc(Cl)ccc1Cl. The van der Waals surface area contributed by atoms with Gasteiger partial charge in [-0.25, -0.2) is 4.79 Å². The summed E-state index contributed by atoms with van der Waals surface area (Å²) < 4.78 is 4.45. The summed E-state index contributed by atoms with van der Waals surface area (Å²) in [6.07, 6.45) is 1.42. The lowest BCUT2D eigenvalue weighted by atomic mass is 10.2. The van der Waals surface area contributed by atoms with Crippen molar-refractivity contribution < 1.29 is 9.53 Å². The van der Waals surface area contributed by atoms with Crippen LogP contribution in [-0.2, 0) is 9.53 Å². The van der Waals surface area contributed by atoms with Crippen LogP contribution in [0.4, 0.5) is 0 Å². The van der Waals surface area contributed by atoms with Gasteiger partial charge in [0.15, 0.2) is 0 Å². The lowest BCUT2D eigenvalue weighted by molar-refractivity contribution is -0.136. The molecule has 0 aliphatic rings. The molecule has 0 saturated heterocycles. The van der Waals surface area contributed by atoms with E-state index in [9.17, 15) is 4.79 Å². The lowest BCUT2D eigenvalue weighted by Gasteiger charge is -2.01. The molecule has 5 heteroatoms. The molecule has 15 heavy (non-hydrogen) atoms. The van der Waals surface area contributed by atoms with Gasteiger partial charge >= 0.3 is 5.97 Å². The molecular weight excluding hydrogens is 237 g/mol. The molecule has 0 saturated carbocycles. The van der Waals surface area contributed by atoms with E-state index in [-0.39, 0.29) is 5.70 Å². The van der Waals surface area contributed by atoms with E-state index in [4.69, 9.17) is 28.9 Å². The number of rotatable bonds is 2. The fourth-order valence-electron chi connectivity index (χ4n) is 0.970. The first-order valence-electron chi connectivity index (χ1n) is 4.05. The van der Waals surface area contributed by atoms with E-state index in [2.05, 4.69) is 4.74 Å². The molecule has 0 atom stereocenters. The van der Waals surface area contributed by atoms with Crippen LogP contribution in [0.2, 0.25) is 10.0 Å². The monoisotopic (exact) mass is 245 g/mol. The first kappa shape index (κ1) is 11.9. The van der Waals surface area contributed by atoms with Crippen LogP contribution < -0.4 is 5.73 Å². The average Bonchev–Trinajstić information content (AvgIpc) is 2.22. The minimum absolute atomic E-state index is 0.0262. The van der Waals surface area contributed by atoms with Gasteiger partial charge in [-0.05, 0) is 29.8 Å². The predicted octanol–water partition coefficient (Wildman–Crippen LogP) is 2.47. The van der Waals surface area contributed by atoms with Crippen molar-refractivity contribution in [1.29, 1.82) is 0 Å². The molecule has 1 aromatic rings. The molecule has 0 aliphatic carbocycles. The van der Waals surface area contributed by atoms with E-state index >= 15 is 0 Å². The van der Waals surface area contributed by atoms with E-state index < -0.39 is 5.97 Å². The van der Waals surface area contributed by atoms with Crippen molar-refractivity contribution in [3.8, 4) is 0 Å². The lowest BCUT2D eigenvalue weighted by Crippen LogP contribution is -2.12. The molecule has 0 radical (unpaired) electrons. The Balaban J connectivity index is 3.07. The van der Waals surface area contributed by atoms with E-state index in [0.29, 0.717) is 15.6 Å². The highest BCUT2D eigenvalue weighted by Gasteiger charge is 2.06. The Labute approximate surface area is 97.4 Å². The highest BCUT2D eigenvalue weighted by Crippen LogP contribution is 2.22. The first-order valence-corrected chi connectivity index (χ1v) is 4.80. The zero-order valence-electron chi connectivity index (χ0n) is 7.96. The Kier molecular flexibility index (Phi) is 4.00. The summed E-state index contributed by atoms with van der Waals surface area (Å²) >= 11 is 11.6. The van der Waals surface area contributed by atoms with Gasteiger partial charge in [0.1, 0.15) is 5.70 Å². The van der Waals surface area contributed by atoms with Crippen LogP contribution in [0, 0.1) is 0 Å². The molecule has 0 aromatic heterocycles. The maximum absolute atomic E-state index is 11.0. The van der Waals surface area contributed by atoms with Gasteiger partial charge in [-0.1, -0.05) is 23.2 Å². The molecular formula is C10H9Cl2NO2. The summed E-state index contributed by atoms with van der Waals surface area (Å²) in [5.74, 6) is -0.606. The summed E-state index contributed by atoms with van der Waals surface area (Å²) in [5.41, 5.74) is 6.01. The number of hydrogen-bond donors (Lipinski definition) is 1. The molecule has 0 amide bonds. The van der Waals surface area contributed by atoms with Crippen LogP contribution in [0.3, 0.4) is 0 Å². The predicted molar refractivity (Wildman–Crippen MR) is 60.6 cm³/mol. The van der Waals surface area contributed by atoms with E-state index in [1.807, 2.05) is 0 Å². The van der Waals surface area contributed by atoms with Gasteiger partial charge in [0.2, 0.25) is 0 Å². The Morgan fingerprint density at radius 1 is 1.47 bits per heavy atom. The van der Waals surface area contributed by atoms with Crippen molar-refractivity contribution in [3.63, 3.8) is 0 Å². The number of ether oxygens (including phenoxy) is 1. The number of benzene rings is 1. The molecule has 0 unspecified atom stereocenters. The number of hydrogen-bond acceptors (Lipinski definition) is 3. The zero-order chi connectivity index (χ0) is 11.4. The highest BCUT2D eigenvalue weighted by atomic mass is 35.5. The molecule has 0 bridgehead atoms. The number of carbonyl (C=O) groups is 1. The molecule has 0 spiro atoms. The van der Waals surface area contributed by atoms with Crippen LogP contribution in [-0.4, -0.2) is 13.1 Å². The number of esters is 1. The number of nitrogens with two attached hydrogens (primary N) is 1. The van der Waals surface area contributed by atoms with Crippen molar-refractivity contribution in [3.05, 3.63) is 39.5 Å². The van der Waals surface area contributed by atoms with Crippen LogP contribution in [0.5, 0.6) is 0 Å². The third-order valence-corrected chi connectivity index (χ3v) is 2.27. The van der Waals surface area contributed by atoms with Gasteiger partial charge in [-0.15, -0.1) is 0 Å². The topological polar surface area (TPSA) is 52.3 Å². The average molecular weight is 246 g/mol. The Hall–Kier alpha value is -1.19. The van der Waals surface area contributed by atoms with Crippen molar-refractivity contribution in [1.82, 2.24) is 0 Å². The fraction of sp³-hybridized carbons (Fsp3) is 0.100. The van der Waals surface area contributed by atoms with Gasteiger partial charge in [0.05, 0.1) is 7.11 Å². The van der Waals surface area contributed by atoms with Crippen molar-refractivity contribution in [2.75, 3.05) is 7.11 Å². The maximum Gasteiger partial charge on any atom is 0.353 e. The van der Waals surface area contributed by atoms with Crippen molar-refractivity contribution in [2.45, 2.75) is 0 Å². The Bertz CT molecular complexity index is 416. The van der Waals surface area contributed by atoms with Crippen LogP contribution >= 0.6 is 23.2 Å². The fourth-order valence-corrected chi connectivity index (χ4v) is 1.32. The molecule has 0 heterocycles. The molecule has 1 rings (SSSR count). The number of halogens is 2. The summed E-state index contributed by atoms with van der Waals surface area (Å²) in [6, 6.07) is 4.88. The van der Waals surface area contributed by atoms with Crippen LogP contribution in [0.15, 0.2) is 23.9 Å². The second kappa shape index (κ2) is 5.05. The summed E-state index contributed by atoms with van der Waals surface area (Å²) in [4.78, 5) is 11.0. The van der Waals surface area contributed by atoms with Gasteiger partial charge in [-0.2, -0.15) is 0 Å². The molecule has 80 valence electrons. The second-order valence-corrected chi connectivity index (χ2v) is 3.60. The van der Waals surface area contributed by atoms with E-state index in [0.717, 1.165) is 0 Å². The van der Waals surface area contributed by atoms with Gasteiger partial charge in [0, 0.05) is 10.0 Å². The minimum atomic E-state index is -0.606. The molecule has 0 aliphatic heterocycles. The van der Waals surface area contributed by atoms with Gasteiger partial charge in [-0.3, -0.25) is 0 Å². The Morgan fingerprint density at radius 3 is 2.73 bits per heavy atom. The summed E-state index contributed by atoms with van der Waals surface area (Å²) in [7, 11) is 1.25. The maximum atomic E-state index is 11.0. The quantitative estimate of drug-likeness (QED) is 0.644. The van der Waals surface area contributed by atoms with E-state index in [1.54, 1.807) is 18.2 Å². The first-order chi connectivity index (χ1) is 7.04. The van der Waals surface area contributed by atoms with Crippen LogP contribution in [0.25, 0.3) is 6.08 Å². The van der Waals surface area contributed by atoms with Crippen molar-refractivity contribution >= 4 is 35.2 Å². The largest absolute Gasteiger partial charge is 0.464 e. The number of methoxy groups -OCH3 is 1. The van der Waals surface area contributed by atoms with Crippen molar-refractivity contribution in [2.24, 2.45) is 5.73 Å². The Morgan fingerprint density at radius 2 is 2.13 bits per heavy atom. The second-order valence-electron chi connectivity index (χ2n) is 2.76. The smallest absolute Gasteiger partial charge is 0.353 e. The van der Waals surface area contributed by atoms with E-state index in [1.165, 1.54) is 13.2 Å². The minimum Gasteiger partial charge on any atom is -0.464 e. The third kappa shape index (κ3) is 3.15. The van der Waals surface area contributed by atoms with Gasteiger partial charge < -0.3 is 10.5 Å². The van der Waals surface area contributed by atoms with Crippen LogP contribution in [0.1, 0.15) is 5.56 Å². The third-order valence-electron chi connectivity index (χ3n) is 1.69. The summed E-state index contributed by atoms with van der Waals surface area (Å²) in [5, 5.41) is 0.981.